The van der Waals surface area contributed by atoms with Gasteiger partial charge in [-0.2, -0.15) is 0 Å². The van der Waals surface area contributed by atoms with E-state index in [4.69, 9.17) is 4.74 Å². The van der Waals surface area contributed by atoms with Gasteiger partial charge in [-0.15, -0.1) is 0 Å². The molecular weight excluding hydrogens is 191 g/mol. The number of hydrogen-bond donors (Lipinski definition) is 0. The predicted molar refractivity (Wildman–Crippen MR) is 42.7 cm³/mol. The maximum atomic E-state index is 13.0. The Morgan fingerprint density at radius 1 is 1.71 bits per heavy atom. The molecule has 1 aliphatic carbocycles. The van der Waals surface area contributed by atoms with Gasteiger partial charge < -0.3 is 9.47 Å². The van der Waals surface area contributed by atoms with Gasteiger partial charge in [0.2, 0.25) is 0 Å². The third-order valence-corrected chi connectivity index (χ3v) is 2.58. The number of fused-ring (bicyclic) bond motifs is 2. The monoisotopic (exact) mass is 200 g/mol. The molecule has 0 aromatic rings. The fraction of sp³-hybridized carbons (Fsp3) is 0.556. The Kier molecular flexibility index (Phi) is 2.02. The molecule has 0 aromatic carbocycles. The fourth-order valence-electron chi connectivity index (χ4n) is 1.83. The Hall–Kier alpha value is -1.39. The molecule has 5 heteroatoms. The minimum atomic E-state index is -0.892. The maximum Gasteiger partial charge on any atom is 0.314 e. The normalized spacial score (nSPS) is 34.9. The molecule has 0 spiro atoms. The number of hydrogen-bond acceptors (Lipinski definition) is 4. The molecule has 3 aliphatic rings. The first-order chi connectivity index (χ1) is 6.63. The van der Waals surface area contributed by atoms with Crippen LogP contribution in [0, 0.1) is 11.8 Å². The minimum Gasteiger partial charge on any atom is -0.469 e. The van der Waals surface area contributed by atoms with Crippen LogP contribution in [0.5, 0.6) is 0 Å². The molecule has 0 amide bonds. The van der Waals surface area contributed by atoms with Crippen molar-refractivity contribution in [3.8, 4) is 0 Å². The number of halogens is 1. The molecule has 0 saturated carbocycles. The molecule has 14 heavy (non-hydrogen) atoms. The Morgan fingerprint density at radius 3 is 3.00 bits per heavy atom. The summed E-state index contributed by atoms with van der Waals surface area (Å²) >= 11 is 0. The summed E-state index contributed by atoms with van der Waals surface area (Å²) in [4.78, 5) is 22.4. The second-order valence-corrected chi connectivity index (χ2v) is 3.37. The van der Waals surface area contributed by atoms with Gasteiger partial charge in [0.15, 0.2) is 6.10 Å². The molecule has 0 unspecified atom stereocenters. The first kappa shape index (κ1) is 9.18. The van der Waals surface area contributed by atoms with E-state index in [-0.39, 0.29) is 6.42 Å². The summed E-state index contributed by atoms with van der Waals surface area (Å²) < 4.78 is 22.3. The van der Waals surface area contributed by atoms with Gasteiger partial charge in [0.1, 0.15) is 5.83 Å². The summed E-state index contributed by atoms with van der Waals surface area (Å²) in [5, 5.41) is 0. The van der Waals surface area contributed by atoms with Crippen LogP contribution in [-0.2, 0) is 19.1 Å². The molecule has 0 radical (unpaired) electrons. The van der Waals surface area contributed by atoms with Crippen LogP contribution in [0.25, 0.3) is 0 Å². The van der Waals surface area contributed by atoms with Crippen LogP contribution in [0.15, 0.2) is 11.9 Å². The summed E-state index contributed by atoms with van der Waals surface area (Å²) in [5.41, 5.74) is 0. The quantitative estimate of drug-likeness (QED) is 0.581. The first-order valence-corrected chi connectivity index (χ1v) is 4.29. The van der Waals surface area contributed by atoms with E-state index in [1.807, 2.05) is 0 Å². The Labute approximate surface area is 79.7 Å². The van der Waals surface area contributed by atoms with Crippen LogP contribution in [0.2, 0.25) is 0 Å². The lowest BCUT2D eigenvalue weighted by atomic mass is 9.79. The van der Waals surface area contributed by atoms with Gasteiger partial charge in [-0.3, -0.25) is 9.59 Å². The lowest BCUT2D eigenvalue weighted by molar-refractivity contribution is -0.172. The number of esters is 2. The smallest absolute Gasteiger partial charge is 0.314 e. The van der Waals surface area contributed by atoms with E-state index in [9.17, 15) is 14.0 Å². The zero-order valence-electron chi connectivity index (χ0n) is 7.53. The van der Waals surface area contributed by atoms with Crippen molar-refractivity contribution in [2.45, 2.75) is 12.5 Å². The van der Waals surface area contributed by atoms with Crippen LogP contribution in [0.4, 0.5) is 4.39 Å². The summed E-state index contributed by atoms with van der Waals surface area (Å²) in [7, 11) is 1.25. The molecule has 0 aromatic heterocycles. The van der Waals surface area contributed by atoms with Gasteiger partial charge in [-0.05, 0) is 6.08 Å². The summed E-state index contributed by atoms with van der Waals surface area (Å²) in [6, 6.07) is 0. The molecule has 1 fully saturated rings. The van der Waals surface area contributed by atoms with E-state index < -0.39 is 35.7 Å². The van der Waals surface area contributed by atoms with Crippen molar-refractivity contribution < 1.29 is 23.5 Å². The number of methoxy groups -OCH3 is 1. The predicted octanol–water partition coefficient (Wildman–Crippen LogP) is 0.574. The summed E-state index contributed by atoms with van der Waals surface area (Å²) in [6.45, 7) is 0. The van der Waals surface area contributed by atoms with E-state index in [1.54, 1.807) is 0 Å². The Balaban J connectivity index is 2.27. The molecule has 4 nitrogen and oxygen atoms in total. The van der Waals surface area contributed by atoms with Crippen LogP contribution < -0.4 is 0 Å². The number of ether oxygens (including phenoxy) is 2. The maximum absolute atomic E-state index is 13.0. The molecule has 3 atom stereocenters. The third kappa shape index (κ3) is 1.20. The van der Waals surface area contributed by atoms with E-state index in [0.717, 1.165) is 6.08 Å². The van der Waals surface area contributed by atoms with Crippen molar-refractivity contribution in [3.05, 3.63) is 11.9 Å². The third-order valence-electron chi connectivity index (χ3n) is 2.58. The van der Waals surface area contributed by atoms with E-state index in [2.05, 4.69) is 4.74 Å². The van der Waals surface area contributed by atoms with Crippen molar-refractivity contribution in [3.63, 3.8) is 0 Å². The highest BCUT2D eigenvalue weighted by Gasteiger charge is 2.47. The zero-order chi connectivity index (χ0) is 10.3. The largest absolute Gasteiger partial charge is 0.469 e. The molecule has 2 heterocycles. The van der Waals surface area contributed by atoms with Gasteiger partial charge in [0, 0.05) is 6.42 Å². The minimum absolute atomic E-state index is 0.186. The standard InChI is InChI=1S/C9H9FO4/c1-13-8(11)5-3-7-6(10)2-4(5)9(12)14-7/h2,4-5,7H,3H2,1H3/t4-,5+,7-/m0/s1. The summed E-state index contributed by atoms with van der Waals surface area (Å²) in [6.07, 6.45) is 0.448. The van der Waals surface area contributed by atoms with Crippen LogP contribution in [0.3, 0.4) is 0 Å². The van der Waals surface area contributed by atoms with Crippen LogP contribution in [0.1, 0.15) is 6.42 Å². The van der Waals surface area contributed by atoms with Gasteiger partial charge in [0.05, 0.1) is 18.9 Å². The highest BCUT2D eigenvalue weighted by atomic mass is 19.1. The van der Waals surface area contributed by atoms with E-state index in [1.165, 1.54) is 7.11 Å². The van der Waals surface area contributed by atoms with Crippen molar-refractivity contribution in [2.75, 3.05) is 7.11 Å². The van der Waals surface area contributed by atoms with Gasteiger partial charge >= 0.3 is 11.9 Å². The van der Waals surface area contributed by atoms with Crippen LogP contribution in [-0.4, -0.2) is 25.2 Å². The van der Waals surface area contributed by atoms with Crippen LogP contribution >= 0.6 is 0 Å². The average molecular weight is 200 g/mol. The Morgan fingerprint density at radius 2 is 2.43 bits per heavy atom. The van der Waals surface area contributed by atoms with Gasteiger partial charge in [-0.1, -0.05) is 0 Å². The highest BCUT2D eigenvalue weighted by molar-refractivity contribution is 5.86. The number of carbonyl (C=O) groups excluding carboxylic acids is 2. The second-order valence-electron chi connectivity index (χ2n) is 3.37. The van der Waals surface area contributed by atoms with Crippen molar-refractivity contribution in [1.29, 1.82) is 0 Å². The number of rotatable bonds is 1. The number of carbonyl (C=O) groups is 2. The van der Waals surface area contributed by atoms with Crippen molar-refractivity contribution in [2.24, 2.45) is 11.8 Å². The Bertz CT molecular complexity index is 323. The lowest BCUT2D eigenvalue weighted by Crippen LogP contribution is -2.45. The molecule has 0 N–H and O–H groups in total. The first-order valence-electron chi connectivity index (χ1n) is 4.29. The fourth-order valence-corrected chi connectivity index (χ4v) is 1.83. The van der Waals surface area contributed by atoms with E-state index in [0.29, 0.717) is 0 Å². The van der Waals surface area contributed by atoms with Crippen molar-refractivity contribution in [1.82, 2.24) is 0 Å². The van der Waals surface area contributed by atoms with Gasteiger partial charge in [0.25, 0.3) is 0 Å². The van der Waals surface area contributed by atoms with Gasteiger partial charge in [-0.25, -0.2) is 4.39 Å². The topological polar surface area (TPSA) is 52.6 Å². The average Bonchev–Trinajstić information content (AvgIpc) is 2.18. The zero-order valence-corrected chi connectivity index (χ0v) is 7.53. The lowest BCUT2D eigenvalue weighted by Gasteiger charge is -2.35. The molecule has 1 saturated heterocycles. The molecule has 3 rings (SSSR count). The molecule has 76 valence electrons. The van der Waals surface area contributed by atoms with Crippen molar-refractivity contribution >= 4 is 11.9 Å². The summed E-state index contributed by atoms with van der Waals surface area (Å²) in [5.74, 6) is -2.90. The molecule has 2 aliphatic heterocycles. The highest BCUT2D eigenvalue weighted by Crippen LogP contribution is 2.38. The molecular formula is C9H9FO4. The second kappa shape index (κ2) is 3.08. The van der Waals surface area contributed by atoms with E-state index >= 15 is 0 Å². The SMILES string of the molecule is COC(=O)[C@@H]1C[C@@H]2OC(=O)[C@H]1C=C2F. The molecule has 2 bridgehead atoms.